The van der Waals surface area contributed by atoms with Crippen LogP contribution >= 0.6 is 15.9 Å². The maximum atomic E-state index is 12.9. The SMILES string of the molecule is CC(=O)[C@H]1[C@H](c2cccc(Br)c2)CC2=C(CCCC2)[C@]1(O)c1ccccc1. The largest absolute Gasteiger partial charge is 0.380 e. The number of hydrogen-bond acceptors (Lipinski definition) is 2. The minimum absolute atomic E-state index is 0.0120. The number of carbonyl (C=O) groups excluding carboxylic acids is 1. The summed E-state index contributed by atoms with van der Waals surface area (Å²) < 4.78 is 1.01. The van der Waals surface area contributed by atoms with Gasteiger partial charge in [-0.05, 0) is 67.9 Å². The van der Waals surface area contributed by atoms with Gasteiger partial charge in [-0.2, -0.15) is 0 Å². The van der Waals surface area contributed by atoms with Crippen molar-refractivity contribution < 1.29 is 9.90 Å². The van der Waals surface area contributed by atoms with Gasteiger partial charge in [-0.25, -0.2) is 0 Å². The van der Waals surface area contributed by atoms with E-state index in [9.17, 15) is 9.90 Å². The van der Waals surface area contributed by atoms with Crippen LogP contribution in [-0.2, 0) is 10.4 Å². The first kappa shape index (κ1) is 18.6. The maximum Gasteiger partial charge on any atom is 0.137 e. The molecular formula is C24H25BrO2. The van der Waals surface area contributed by atoms with E-state index in [2.05, 4.69) is 28.1 Å². The van der Waals surface area contributed by atoms with E-state index in [-0.39, 0.29) is 11.7 Å². The Labute approximate surface area is 169 Å². The lowest BCUT2D eigenvalue weighted by Crippen LogP contribution is -2.48. The predicted octanol–water partition coefficient (Wildman–Crippen LogP) is 5.90. The van der Waals surface area contributed by atoms with Crippen molar-refractivity contribution in [3.63, 3.8) is 0 Å². The maximum absolute atomic E-state index is 12.9. The van der Waals surface area contributed by atoms with Gasteiger partial charge in [-0.1, -0.05) is 64.0 Å². The highest BCUT2D eigenvalue weighted by Crippen LogP contribution is 2.55. The molecule has 0 unspecified atom stereocenters. The summed E-state index contributed by atoms with van der Waals surface area (Å²) in [4.78, 5) is 12.9. The molecule has 0 fully saturated rings. The topological polar surface area (TPSA) is 37.3 Å². The van der Waals surface area contributed by atoms with Gasteiger partial charge in [0, 0.05) is 10.4 Å². The van der Waals surface area contributed by atoms with Gasteiger partial charge >= 0.3 is 0 Å². The molecule has 0 saturated carbocycles. The summed E-state index contributed by atoms with van der Waals surface area (Å²) >= 11 is 3.57. The molecule has 1 N–H and O–H groups in total. The van der Waals surface area contributed by atoms with Crippen LogP contribution in [0.2, 0.25) is 0 Å². The van der Waals surface area contributed by atoms with Gasteiger partial charge in [0.15, 0.2) is 0 Å². The van der Waals surface area contributed by atoms with E-state index >= 15 is 0 Å². The molecule has 0 spiro atoms. The van der Waals surface area contributed by atoms with Crippen LogP contribution in [0, 0.1) is 5.92 Å². The van der Waals surface area contributed by atoms with Crippen LogP contribution in [0.1, 0.15) is 56.1 Å². The number of hydrogen-bond donors (Lipinski definition) is 1. The summed E-state index contributed by atoms with van der Waals surface area (Å²) in [6.07, 6.45) is 5.03. The normalized spacial score (nSPS) is 28.0. The molecule has 2 nitrogen and oxygen atoms in total. The van der Waals surface area contributed by atoms with Crippen molar-refractivity contribution in [3.05, 3.63) is 81.3 Å². The van der Waals surface area contributed by atoms with E-state index < -0.39 is 11.5 Å². The highest BCUT2D eigenvalue weighted by Gasteiger charge is 2.52. The second-order valence-electron chi connectivity index (χ2n) is 7.88. The number of aliphatic hydroxyl groups is 1. The third kappa shape index (κ3) is 3.21. The third-order valence-electron chi connectivity index (χ3n) is 6.29. The zero-order valence-electron chi connectivity index (χ0n) is 15.6. The highest BCUT2D eigenvalue weighted by atomic mass is 79.9. The lowest BCUT2D eigenvalue weighted by Gasteiger charge is -2.48. The number of halogens is 1. The Kier molecular flexibility index (Phi) is 5.09. The quantitative estimate of drug-likeness (QED) is 0.622. The van der Waals surface area contributed by atoms with E-state index in [0.29, 0.717) is 0 Å². The van der Waals surface area contributed by atoms with Crippen molar-refractivity contribution in [2.75, 3.05) is 0 Å². The number of carbonyl (C=O) groups is 1. The molecule has 0 saturated heterocycles. The molecule has 3 atom stereocenters. The second kappa shape index (κ2) is 7.37. The third-order valence-corrected chi connectivity index (χ3v) is 6.78. The van der Waals surface area contributed by atoms with Crippen LogP contribution in [0.5, 0.6) is 0 Å². The van der Waals surface area contributed by atoms with Crippen LogP contribution < -0.4 is 0 Å². The number of rotatable bonds is 3. The summed E-state index contributed by atoms with van der Waals surface area (Å²) in [6.45, 7) is 1.64. The Balaban J connectivity index is 1.94. The first-order valence-electron chi connectivity index (χ1n) is 9.77. The number of benzene rings is 2. The van der Waals surface area contributed by atoms with Gasteiger partial charge in [-0.3, -0.25) is 4.79 Å². The van der Waals surface area contributed by atoms with Gasteiger partial charge in [0.1, 0.15) is 11.4 Å². The fourth-order valence-corrected chi connectivity index (χ4v) is 5.60. The molecule has 0 bridgehead atoms. The average Bonchev–Trinajstić information content (AvgIpc) is 2.68. The predicted molar refractivity (Wildman–Crippen MR) is 112 cm³/mol. The lowest BCUT2D eigenvalue weighted by atomic mass is 9.58. The van der Waals surface area contributed by atoms with Crippen LogP contribution in [0.3, 0.4) is 0 Å². The number of allylic oxidation sites excluding steroid dienone is 1. The van der Waals surface area contributed by atoms with Crippen molar-refractivity contribution in [3.8, 4) is 0 Å². The molecule has 140 valence electrons. The molecule has 0 heterocycles. The molecule has 0 radical (unpaired) electrons. The molecule has 27 heavy (non-hydrogen) atoms. The Morgan fingerprint density at radius 3 is 2.52 bits per heavy atom. The second-order valence-corrected chi connectivity index (χ2v) is 8.79. The zero-order valence-corrected chi connectivity index (χ0v) is 17.2. The lowest BCUT2D eigenvalue weighted by molar-refractivity contribution is -0.131. The van der Waals surface area contributed by atoms with Crippen molar-refractivity contribution in [1.82, 2.24) is 0 Å². The van der Waals surface area contributed by atoms with E-state index in [1.807, 2.05) is 42.5 Å². The molecule has 0 aromatic heterocycles. The Hall–Kier alpha value is -1.71. The zero-order chi connectivity index (χ0) is 19.0. The van der Waals surface area contributed by atoms with E-state index in [0.717, 1.165) is 46.9 Å². The Morgan fingerprint density at radius 1 is 1.07 bits per heavy atom. The van der Waals surface area contributed by atoms with Crippen LogP contribution in [0.4, 0.5) is 0 Å². The summed E-state index contributed by atoms with van der Waals surface area (Å²) in [5.41, 5.74) is 3.21. The van der Waals surface area contributed by atoms with Gasteiger partial charge in [-0.15, -0.1) is 0 Å². The summed E-state index contributed by atoms with van der Waals surface area (Å²) in [6, 6.07) is 18.0. The molecule has 2 aliphatic rings. The van der Waals surface area contributed by atoms with Crippen molar-refractivity contribution in [2.45, 2.75) is 50.5 Å². The van der Waals surface area contributed by atoms with E-state index in [4.69, 9.17) is 0 Å². The summed E-state index contributed by atoms with van der Waals surface area (Å²) in [7, 11) is 0. The van der Waals surface area contributed by atoms with Gasteiger partial charge < -0.3 is 5.11 Å². The van der Waals surface area contributed by atoms with Crippen LogP contribution in [0.15, 0.2) is 70.2 Å². The molecule has 2 aromatic carbocycles. The average molecular weight is 425 g/mol. The molecule has 2 aliphatic carbocycles. The minimum atomic E-state index is -1.21. The molecule has 2 aromatic rings. The standard InChI is InChI=1S/C24H25BrO2/c1-16(26)23-21(17-9-7-12-20(25)14-17)15-18-8-5-6-13-22(18)24(23,27)19-10-3-2-4-11-19/h2-4,7,9-12,14,21,23,27H,5-6,8,13,15H2,1H3/t21-,23-,24+/m0/s1. The summed E-state index contributed by atoms with van der Waals surface area (Å²) in [5, 5.41) is 12.2. The fraction of sp³-hybridized carbons (Fsp3) is 0.375. The summed E-state index contributed by atoms with van der Waals surface area (Å²) in [5.74, 6) is -0.420. The Morgan fingerprint density at radius 2 is 1.81 bits per heavy atom. The molecule has 4 rings (SSSR count). The monoisotopic (exact) mass is 424 g/mol. The smallest absolute Gasteiger partial charge is 0.137 e. The highest BCUT2D eigenvalue weighted by molar-refractivity contribution is 9.10. The van der Waals surface area contributed by atoms with E-state index in [1.54, 1.807) is 6.92 Å². The molecule has 0 aliphatic heterocycles. The Bertz CT molecular complexity index is 886. The molecule has 3 heteroatoms. The molecular weight excluding hydrogens is 400 g/mol. The first-order chi connectivity index (χ1) is 13.0. The molecule has 0 amide bonds. The van der Waals surface area contributed by atoms with Crippen molar-refractivity contribution >= 4 is 21.7 Å². The minimum Gasteiger partial charge on any atom is -0.380 e. The van der Waals surface area contributed by atoms with Gasteiger partial charge in [0.25, 0.3) is 0 Å². The number of Topliss-reactive ketones (excluding diaryl/α,β-unsaturated/α-hetero) is 1. The van der Waals surface area contributed by atoms with Crippen molar-refractivity contribution in [1.29, 1.82) is 0 Å². The van der Waals surface area contributed by atoms with Crippen molar-refractivity contribution in [2.24, 2.45) is 5.92 Å². The van der Waals surface area contributed by atoms with Crippen LogP contribution in [0.25, 0.3) is 0 Å². The number of ketones is 1. The van der Waals surface area contributed by atoms with Crippen LogP contribution in [-0.4, -0.2) is 10.9 Å². The first-order valence-corrected chi connectivity index (χ1v) is 10.6. The fourth-order valence-electron chi connectivity index (χ4n) is 5.19. The van der Waals surface area contributed by atoms with Gasteiger partial charge in [0.2, 0.25) is 0 Å². The van der Waals surface area contributed by atoms with E-state index in [1.165, 1.54) is 12.0 Å². The van der Waals surface area contributed by atoms with Gasteiger partial charge in [0.05, 0.1) is 5.92 Å².